The van der Waals surface area contributed by atoms with E-state index in [0.29, 0.717) is 0 Å². The summed E-state index contributed by atoms with van der Waals surface area (Å²) < 4.78 is 5.15. The molecular weight excluding hydrogens is 246 g/mol. The van der Waals surface area contributed by atoms with Crippen molar-refractivity contribution in [2.45, 2.75) is 39.3 Å². The van der Waals surface area contributed by atoms with Crippen LogP contribution in [-0.2, 0) is 9.53 Å². The average molecular weight is 265 g/mol. The summed E-state index contributed by atoms with van der Waals surface area (Å²) in [6.45, 7) is 6.79. The Bertz CT molecular complexity index is 477. The van der Waals surface area contributed by atoms with E-state index in [0.717, 1.165) is 0 Å². The van der Waals surface area contributed by atoms with Crippen LogP contribution in [0.3, 0.4) is 0 Å². The molecule has 0 aromatic heterocycles. The number of amides is 1. The second kappa shape index (κ2) is 5.73. The molecule has 2 N–H and O–H groups in total. The van der Waals surface area contributed by atoms with Crippen LogP contribution in [-0.4, -0.2) is 28.6 Å². The molecule has 0 aliphatic heterocycles. The minimum absolute atomic E-state index is 0.123. The number of rotatable bonds is 3. The van der Waals surface area contributed by atoms with Crippen LogP contribution in [0.15, 0.2) is 24.3 Å². The van der Waals surface area contributed by atoms with Gasteiger partial charge in [-0.2, -0.15) is 0 Å². The van der Waals surface area contributed by atoms with Crippen molar-refractivity contribution >= 4 is 11.9 Å². The number of aromatic hydroxyl groups is 1. The van der Waals surface area contributed by atoms with Gasteiger partial charge in [0.05, 0.1) is 5.56 Å². The lowest BCUT2D eigenvalue weighted by atomic mass is 10.1. The highest BCUT2D eigenvalue weighted by Crippen LogP contribution is 2.15. The zero-order valence-corrected chi connectivity index (χ0v) is 11.6. The highest BCUT2D eigenvalue weighted by atomic mass is 16.6. The van der Waals surface area contributed by atoms with Crippen LogP contribution in [0.1, 0.15) is 38.1 Å². The SMILES string of the molecule is C[C@H](NC(=O)c1ccccc1O)C(=O)OC(C)(C)C. The van der Waals surface area contributed by atoms with Crippen LogP contribution in [0.5, 0.6) is 5.75 Å². The molecule has 0 aliphatic rings. The number of hydrogen-bond donors (Lipinski definition) is 2. The number of carbonyl (C=O) groups is 2. The number of phenolic OH excluding ortho intramolecular Hbond substituents is 1. The molecule has 19 heavy (non-hydrogen) atoms. The number of benzene rings is 1. The van der Waals surface area contributed by atoms with Crippen molar-refractivity contribution in [1.29, 1.82) is 0 Å². The molecule has 5 heteroatoms. The molecule has 1 rings (SSSR count). The Balaban J connectivity index is 2.67. The topological polar surface area (TPSA) is 75.6 Å². The van der Waals surface area contributed by atoms with E-state index in [-0.39, 0.29) is 11.3 Å². The van der Waals surface area contributed by atoms with E-state index < -0.39 is 23.5 Å². The van der Waals surface area contributed by atoms with E-state index in [1.54, 1.807) is 32.9 Å². The van der Waals surface area contributed by atoms with E-state index >= 15 is 0 Å². The van der Waals surface area contributed by atoms with E-state index in [2.05, 4.69) is 5.32 Å². The van der Waals surface area contributed by atoms with Gasteiger partial charge in [0.25, 0.3) is 5.91 Å². The Morgan fingerprint density at radius 2 is 1.84 bits per heavy atom. The Morgan fingerprint density at radius 1 is 1.26 bits per heavy atom. The standard InChI is InChI=1S/C14H19NO4/c1-9(13(18)19-14(2,3)4)15-12(17)10-7-5-6-8-11(10)16/h5-9,16H,1-4H3,(H,15,17)/t9-/m0/s1. The summed E-state index contributed by atoms with van der Waals surface area (Å²) in [5, 5.41) is 12.0. The third-order valence-corrected chi connectivity index (χ3v) is 2.26. The van der Waals surface area contributed by atoms with Gasteiger partial charge in [-0.15, -0.1) is 0 Å². The lowest BCUT2D eigenvalue weighted by Crippen LogP contribution is -2.42. The Labute approximate surface area is 112 Å². The lowest BCUT2D eigenvalue weighted by Gasteiger charge is -2.22. The minimum Gasteiger partial charge on any atom is -0.507 e. The lowest BCUT2D eigenvalue weighted by molar-refractivity contribution is -0.156. The number of para-hydroxylation sites is 1. The molecular formula is C14H19NO4. The third-order valence-electron chi connectivity index (χ3n) is 2.26. The van der Waals surface area contributed by atoms with Crippen LogP contribution in [0.2, 0.25) is 0 Å². The van der Waals surface area contributed by atoms with Crippen molar-refractivity contribution in [3.05, 3.63) is 29.8 Å². The molecule has 0 fully saturated rings. The number of hydrogen-bond acceptors (Lipinski definition) is 4. The molecule has 104 valence electrons. The van der Waals surface area contributed by atoms with Crippen molar-refractivity contribution in [2.75, 3.05) is 0 Å². The normalized spacial score (nSPS) is 12.6. The van der Waals surface area contributed by atoms with Crippen molar-refractivity contribution < 1.29 is 19.4 Å². The zero-order valence-electron chi connectivity index (χ0n) is 11.6. The molecule has 0 saturated carbocycles. The van der Waals surface area contributed by atoms with Crippen molar-refractivity contribution in [2.24, 2.45) is 0 Å². The first-order chi connectivity index (χ1) is 8.70. The van der Waals surface area contributed by atoms with Gasteiger partial charge in [0.1, 0.15) is 17.4 Å². The van der Waals surface area contributed by atoms with E-state index in [1.807, 2.05) is 0 Å². The Morgan fingerprint density at radius 3 is 2.37 bits per heavy atom. The Hall–Kier alpha value is -2.04. The average Bonchev–Trinajstić information content (AvgIpc) is 2.27. The van der Waals surface area contributed by atoms with Gasteiger partial charge in [-0.3, -0.25) is 4.79 Å². The Kier molecular flexibility index (Phi) is 4.53. The number of esters is 1. The van der Waals surface area contributed by atoms with Crippen LogP contribution in [0, 0.1) is 0 Å². The van der Waals surface area contributed by atoms with Gasteiger partial charge in [-0.1, -0.05) is 12.1 Å². The summed E-state index contributed by atoms with van der Waals surface area (Å²) in [6, 6.07) is 5.35. The number of ether oxygens (including phenoxy) is 1. The molecule has 0 saturated heterocycles. The van der Waals surface area contributed by atoms with Gasteiger partial charge in [-0.25, -0.2) is 4.79 Å². The fourth-order valence-corrected chi connectivity index (χ4v) is 1.39. The molecule has 1 aromatic rings. The number of phenols is 1. The van der Waals surface area contributed by atoms with Gasteiger partial charge in [0.15, 0.2) is 0 Å². The van der Waals surface area contributed by atoms with Crippen molar-refractivity contribution in [3.63, 3.8) is 0 Å². The second-order valence-corrected chi connectivity index (χ2v) is 5.25. The first-order valence-corrected chi connectivity index (χ1v) is 6.02. The van der Waals surface area contributed by atoms with E-state index in [1.165, 1.54) is 19.1 Å². The van der Waals surface area contributed by atoms with Crippen molar-refractivity contribution in [3.8, 4) is 5.75 Å². The smallest absolute Gasteiger partial charge is 0.328 e. The van der Waals surface area contributed by atoms with E-state index in [9.17, 15) is 14.7 Å². The summed E-state index contributed by atoms with van der Waals surface area (Å²) in [6.07, 6.45) is 0. The molecule has 1 amide bonds. The highest BCUT2D eigenvalue weighted by molar-refractivity contribution is 5.98. The largest absolute Gasteiger partial charge is 0.507 e. The molecule has 0 heterocycles. The maximum Gasteiger partial charge on any atom is 0.328 e. The van der Waals surface area contributed by atoms with Crippen molar-refractivity contribution in [1.82, 2.24) is 5.32 Å². The summed E-state index contributed by atoms with van der Waals surface area (Å²) in [5.41, 5.74) is -0.483. The van der Waals surface area contributed by atoms with Crippen LogP contribution in [0.25, 0.3) is 0 Å². The predicted molar refractivity (Wildman–Crippen MR) is 70.9 cm³/mol. The second-order valence-electron chi connectivity index (χ2n) is 5.25. The van der Waals surface area contributed by atoms with Gasteiger partial charge in [-0.05, 0) is 39.8 Å². The predicted octanol–water partition coefficient (Wildman–Crippen LogP) is 1.85. The molecule has 0 bridgehead atoms. The van der Waals surface area contributed by atoms with Gasteiger partial charge < -0.3 is 15.2 Å². The molecule has 5 nitrogen and oxygen atoms in total. The maximum absolute atomic E-state index is 11.9. The summed E-state index contributed by atoms with van der Waals surface area (Å²) in [4.78, 5) is 23.6. The quantitative estimate of drug-likeness (QED) is 0.818. The summed E-state index contributed by atoms with van der Waals surface area (Å²) in [5.74, 6) is -1.16. The van der Waals surface area contributed by atoms with Gasteiger partial charge in [0.2, 0.25) is 0 Å². The zero-order chi connectivity index (χ0) is 14.6. The van der Waals surface area contributed by atoms with Crippen LogP contribution < -0.4 is 5.32 Å². The van der Waals surface area contributed by atoms with Crippen LogP contribution in [0.4, 0.5) is 0 Å². The fourth-order valence-electron chi connectivity index (χ4n) is 1.39. The van der Waals surface area contributed by atoms with Crippen LogP contribution >= 0.6 is 0 Å². The monoisotopic (exact) mass is 265 g/mol. The number of carbonyl (C=O) groups excluding carboxylic acids is 2. The highest BCUT2D eigenvalue weighted by Gasteiger charge is 2.23. The molecule has 0 aliphatic carbocycles. The molecule has 0 radical (unpaired) electrons. The van der Waals surface area contributed by atoms with Gasteiger partial charge in [0, 0.05) is 0 Å². The summed E-state index contributed by atoms with van der Waals surface area (Å²) >= 11 is 0. The molecule has 1 aromatic carbocycles. The fraction of sp³-hybridized carbons (Fsp3) is 0.429. The maximum atomic E-state index is 11.9. The minimum atomic E-state index is -0.786. The van der Waals surface area contributed by atoms with Gasteiger partial charge >= 0.3 is 5.97 Å². The molecule has 0 spiro atoms. The number of nitrogens with one attached hydrogen (secondary N) is 1. The first-order valence-electron chi connectivity index (χ1n) is 6.02. The first kappa shape index (κ1) is 15.0. The molecule has 1 atom stereocenters. The van der Waals surface area contributed by atoms with E-state index in [4.69, 9.17) is 4.74 Å². The third kappa shape index (κ3) is 4.62. The molecule has 0 unspecified atom stereocenters. The summed E-state index contributed by atoms with van der Waals surface area (Å²) in [7, 11) is 0.